The van der Waals surface area contributed by atoms with Crippen molar-refractivity contribution in [2.45, 2.75) is 52.4 Å². The summed E-state index contributed by atoms with van der Waals surface area (Å²) < 4.78 is 5.18. The van der Waals surface area contributed by atoms with Gasteiger partial charge in [0.15, 0.2) is 0 Å². The Morgan fingerprint density at radius 3 is 2.94 bits per heavy atom. The van der Waals surface area contributed by atoms with Gasteiger partial charge in [-0.1, -0.05) is 33.1 Å². The van der Waals surface area contributed by atoms with E-state index in [1.54, 1.807) is 6.26 Å². The Hall–Kier alpha value is -0.990. The summed E-state index contributed by atoms with van der Waals surface area (Å²) in [6.45, 7) is 5.93. The minimum absolute atomic E-state index is 0.0552. The van der Waals surface area contributed by atoms with E-state index in [2.05, 4.69) is 19.2 Å². The maximum Gasteiger partial charge on any atom is 0.250 e. The molecular weight excluding hydrogens is 214 g/mol. The minimum atomic E-state index is 0.0552. The second kappa shape index (κ2) is 8.15. The van der Waals surface area contributed by atoms with Gasteiger partial charge < -0.3 is 10.1 Å². The Kier molecular flexibility index (Phi) is 6.75. The quantitative estimate of drug-likeness (QED) is 0.741. The zero-order valence-corrected chi connectivity index (χ0v) is 11.1. The van der Waals surface area contributed by atoms with Crippen LogP contribution >= 0.6 is 0 Å². The number of hydrogen-bond donors (Lipinski definition) is 1. The van der Waals surface area contributed by atoms with Crippen LogP contribution < -0.4 is 5.32 Å². The van der Waals surface area contributed by atoms with Crippen LogP contribution in [0.25, 0.3) is 0 Å². The highest BCUT2D eigenvalue weighted by Crippen LogP contribution is 2.14. The molecule has 1 atom stereocenters. The molecule has 0 saturated carbocycles. The molecule has 0 spiro atoms. The lowest BCUT2D eigenvalue weighted by atomic mass is 9.99. The summed E-state index contributed by atoms with van der Waals surface area (Å²) in [6, 6.07) is 0. The molecule has 0 fully saturated rings. The zero-order valence-electron chi connectivity index (χ0n) is 11.1. The molecule has 3 nitrogen and oxygen atoms in total. The van der Waals surface area contributed by atoms with Crippen molar-refractivity contribution in [1.29, 1.82) is 0 Å². The second-order valence-electron chi connectivity index (χ2n) is 4.74. The molecule has 0 aromatic rings. The maximum atomic E-state index is 11.8. The van der Waals surface area contributed by atoms with E-state index in [-0.39, 0.29) is 5.91 Å². The fourth-order valence-electron chi connectivity index (χ4n) is 2.03. The fraction of sp³-hybridized carbons (Fsp3) is 0.786. The largest absolute Gasteiger partial charge is 0.501 e. The second-order valence-corrected chi connectivity index (χ2v) is 4.74. The summed E-state index contributed by atoms with van der Waals surface area (Å²) in [7, 11) is 0. The van der Waals surface area contributed by atoms with E-state index in [1.807, 2.05) is 0 Å². The van der Waals surface area contributed by atoms with Crippen LogP contribution in [-0.4, -0.2) is 19.1 Å². The predicted molar refractivity (Wildman–Crippen MR) is 69.6 cm³/mol. The van der Waals surface area contributed by atoms with Crippen molar-refractivity contribution in [3.8, 4) is 0 Å². The molecule has 3 heteroatoms. The maximum absolute atomic E-state index is 11.8. The highest BCUT2D eigenvalue weighted by Gasteiger charge is 2.14. The van der Waals surface area contributed by atoms with Crippen LogP contribution in [0.15, 0.2) is 11.8 Å². The molecule has 98 valence electrons. The molecule has 1 heterocycles. The van der Waals surface area contributed by atoms with Crippen molar-refractivity contribution >= 4 is 5.91 Å². The summed E-state index contributed by atoms with van der Waals surface area (Å²) in [5.41, 5.74) is 0.793. The van der Waals surface area contributed by atoms with Gasteiger partial charge in [0.1, 0.15) is 0 Å². The number of nitrogens with one attached hydrogen (secondary N) is 1. The Labute approximate surface area is 105 Å². The van der Waals surface area contributed by atoms with Crippen molar-refractivity contribution < 1.29 is 9.53 Å². The van der Waals surface area contributed by atoms with E-state index < -0.39 is 0 Å². The van der Waals surface area contributed by atoms with E-state index in [9.17, 15) is 4.79 Å². The number of carbonyl (C=O) groups is 1. The van der Waals surface area contributed by atoms with Crippen LogP contribution in [0.5, 0.6) is 0 Å². The van der Waals surface area contributed by atoms with Gasteiger partial charge in [-0.15, -0.1) is 0 Å². The van der Waals surface area contributed by atoms with Crippen LogP contribution in [0.1, 0.15) is 52.4 Å². The van der Waals surface area contributed by atoms with Gasteiger partial charge in [0.05, 0.1) is 18.4 Å². The first kappa shape index (κ1) is 14.1. The molecule has 1 amide bonds. The van der Waals surface area contributed by atoms with E-state index in [0.717, 1.165) is 38.0 Å². The number of carbonyl (C=O) groups excluding carboxylic acids is 1. The van der Waals surface area contributed by atoms with Gasteiger partial charge >= 0.3 is 0 Å². The third-order valence-corrected chi connectivity index (χ3v) is 3.32. The number of unbranched alkanes of at least 4 members (excludes halogenated alkanes) is 1. The lowest BCUT2D eigenvalue weighted by Gasteiger charge is -2.17. The highest BCUT2D eigenvalue weighted by molar-refractivity contribution is 5.93. The highest BCUT2D eigenvalue weighted by atomic mass is 16.5. The van der Waals surface area contributed by atoms with Crippen LogP contribution in [0.2, 0.25) is 0 Å². The van der Waals surface area contributed by atoms with Crippen molar-refractivity contribution in [2.75, 3.05) is 13.2 Å². The van der Waals surface area contributed by atoms with Crippen LogP contribution in [0.4, 0.5) is 0 Å². The Balaban J connectivity index is 2.27. The minimum Gasteiger partial charge on any atom is -0.501 e. The van der Waals surface area contributed by atoms with Gasteiger partial charge in [-0.05, 0) is 25.2 Å². The fourth-order valence-corrected chi connectivity index (χ4v) is 2.03. The van der Waals surface area contributed by atoms with Crippen molar-refractivity contribution in [2.24, 2.45) is 5.92 Å². The van der Waals surface area contributed by atoms with Gasteiger partial charge in [-0.2, -0.15) is 0 Å². The molecule has 1 N–H and O–H groups in total. The van der Waals surface area contributed by atoms with Gasteiger partial charge in [0.25, 0.3) is 0 Å². The Morgan fingerprint density at radius 2 is 2.35 bits per heavy atom. The lowest BCUT2D eigenvalue weighted by molar-refractivity contribution is -0.118. The van der Waals surface area contributed by atoms with E-state index in [1.165, 1.54) is 19.3 Å². The molecule has 0 bridgehead atoms. The third kappa shape index (κ3) is 5.24. The summed E-state index contributed by atoms with van der Waals surface area (Å²) in [4.78, 5) is 11.8. The SMILES string of the molecule is CCCCC(CC)CNC(=O)C1=COCCC1. The number of ether oxygens (including phenoxy) is 1. The molecule has 1 unspecified atom stereocenters. The molecule has 0 radical (unpaired) electrons. The number of amides is 1. The van der Waals surface area contributed by atoms with Crippen LogP contribution in [0.3, 0.4) is 0 Å². The summed E-state index contributed by atoms with van der Waals surface area (Å²) in [5, 5.41) is 3.03. The lowest BCUT2D eigenvalue weighted by Crippen LogP contribution is -2.31. The van der Waals surface area contributed by atoms with Crippen molar-refractivity contribution in [3.63, 3.8) is 0 Å². The molecule has 0 aliphatic carbocycles. The van der Waals surface area contributed by atoms with Crippen molar-refractivity contribution in [3.05, 3.63) is 11.8 Å². The topological polar surface area (TPSA) is 38.3 Å². The molecular formula is C14H25NO2. The van der Waals surface area contributed by atoms with Gasteiger partial charge in [0, 0.05) is 6.54 Å². The number of rotatable bonds is 7. The average molecular weight is 239 g/mol. The number of hydrogen-bond acceptors (Lipinski definition) is 2. The predicted octanol–water partition coefficient (Wildman–Crippen LogP) is 3.01. The monoisotopic (exact) mass is 239 g/mol. The Morgan fingerprint density at radius 1 is 1.53 bits per heavy atom. The molecule has 1 rings (SSSR count). The Bertz CT molecular complexity index is 261. The van der Waals surface area contributed by atoms with E-state index in [4.69, 9.17) is 4.74 Å². The first-order valence-electron chi connectivity index (χ1n) is 6.86. The molecule has 1 aliphatic heterocycles. The molecule has 0 saturated heterocycles. The van der Waals surface area contributed by atoms with Gasteiger partial charge in [0.2, 0.25) is 5.91 Å². The third-order valence-electron chi connectivity index (χ3n) is 3.32. The molecule has 1 aliphatic rings. The smallest absolute Gasteiger partial charge is 0.250 e. The molecule has 0 aromatic heterocycles. The molecule has 17 heavy (non-hydrogen) atoms. The molecule has 0 aromatic carbocycles. The van der Waals surface area contributed by atoms with Gasteiger partial charge in [-0.25, -0.2) is 0 Å². The van der Waals surface area contributed by atoms with Crippen molar-refractivity contribution in [1.82, 2.24) is 5.32 Å². The summed E-state index contributed by atoms with van der Waals surface area (Å²) in [5.74, 6) is 0.670. The first-order chi connectivity index (χ1) is 8.27. The van der Waals surface area contributed by atoms with Crippen LogP contribution in [-0.2, 0) is 9.53 Å². The first-order valence-corrected chi connectivity index (χ1v) is 6.86. The van der Waals surface area contributed by atoms with E-state index in [0.29, 0.717) is 5.92 Å². The van der Waals surface area contributed by atoms with Gasteiger partial charge in [-0.3, -0.25) is 4.79 Å². The van der Waals surface area contributed by atoms with E-state index >= 15 is 0 Å². The zero-order chi connectivity index (χ0) is 12.5. The summed E-state index contributed by atoms with van der Waals surface area (Å²) >= 11 is 0. The normalized spacial score (nSPS) is 16.9. The standard InChI is InChI=1S/C14H25NO2/c1-3-5-7-12(4-2)10-15-14(16)13-8-6-9-17-11-13/h11-12H,3-10H2,1-2H3,(H,15,16). The van der Waals surface area contributed by atoms with Crippen LogP contribution in [0, 0.1) is 5.92 Å². The average Bonchev–Trinajstić information content (AvgIpc) is 2.39. The summed E-state index contributed by atoms with van der Waals surface area (Å²) in [6.07, 6.45) is 8.23.